The van der Waals surface area contributed by atoms with Gasteiger partial charge in [0, 0.05) is 11.6 Å². The number of thiazole rings is 1. The van der Waals surface area contributed by atoms with E-state index in [0.29, 0.717) is 4.88 Å². The van der Waals surface area contributed by atoms with E-state index in [9.17, 15) is 8.42 Å². The van der Waals surface area contributed by atoms with Crippen molar-refractivity contribution >= 4 is 49.9 Å². The fourth-order valence-corrected chi connectivity index (χ4v) is 4.68. The maximum absolute atomic E-state index is 12.2. The van der Waals surface area contributed by atoms with Crippen molar-refractivity contribution in [1.29, 1.82) is 0 Å². The van der Waals surface area contributed by atoms with Crippen LogP contribution < -0.4 is 10.5 Å². The first-order valence-electron chi connectivity index (χ1n) is 5.21. The minimum absolute atomic E-state index is 0.193. The molecule has 3 N–H and O–H groups in total. The smallest absolute Gasteiger partial charge is 0.250 e. The molecule has 0 bridgehead atoms. The standard InChI is InChI=1S/C10H11N3O2S4/c1-6(10-12-4-5-17-10)13-19(14,15)8-3-2-7(18-8)9(11)16/h2-6,13H,1H3,(H2,11,16). The van der Waals surface area contributed by atoms with Crippen LogP contribution in [-0.4, -0.2) is 18.4 Å². The van der Waals surface area contributed by atoms with Crippen LogP contribution in [0.25, 0.3) is 0 Å². The minimum atomic E-state index is -3.58. The van der Waals surface area contributed by atoms with Crippen LogP contribution in [0.4, 0.5) is 0 Å². The summed E-state index contributed by atoms with van der Waals surface area (Å²) < 4.78 is 27.1. The van der Waals surface area contributed by atoms with Crippen molar-refractivity contribution in [1.82, 2.24) is 9.71 Å². The largest absolute Gasteiger partial charge is 0.389 e. The van der Waals surface area contributed by atoms with E-state index in [-0.39, 0.29) is 15.2 Å². The lowest BCUT2D eigenvalue weighted by Gasteiger charge is -2.10. The molecule has 2 heterocycles. The predicted octanol–water partition coefficient (Wildman–Crippen LogP) is 1.88. The third-order valence-electron chi connectivity index (χ3n) is 2.24. The molecule has 0 saturated heterocycles. The quantitative estimate of drug-likeness (QED) is 0.816. The van der Waals surface area contributed by atoms with E-state index >= 15 is 0 Å². The average molecular weight is 333 g/mol. The van der Waals surface area contributed by atoms with E-state index in [4.69, 9.17) is 18.0 Å². The zero-order chi connectivity index (χ0) is 14.0. The lowest BCUT2D eigenvalue weighted by Crippen LogP contribution is -2.26. The molecule has 5 nitrogen and oxygen atoms in total. The Morgan fingerprint density at radius 2 is 2.26 bits per heavy atom. The molecule has 2 aromatic heterocycles. The number of thiocarbonyl (C=S) groups is 1. The lowest BCUT2D eigenvalue weighted by atomic mass is 10.4. The number of rotatable bonds is 5. The average Bonchev–Trinajstić information content (AvgIpc) is 3.00. The summed E-state index contributed by atoms with van der Waals surface area (Å²) >= 11 is 7.27. The van der Waals surface area contributed by atoms with Gasteiger partial charge < -0.3 is 5.73 Å². The number of nitrogens with two attached hydrogens (primary N) is 1. The fraction of sp³-hybridized carbons (Fsp3) is 0.200. The third kappa shape index (κ3) is 3.37. The monoisotopic (exact) mass is 333 g/mol. The SMILES string of the molecule is CC(NS(=O)(=O)c1ccc(C(N)=S)s1)c1nccs1. The van der Waals surface area contributed by atoms with Crippen LogP contribution in [-0.2, 0) is 10.0 Å². The summed E-state index contributed by atoms with van der Waals surface area (Å²) in [5.74, 6) is 0. The summed E-state index contributed by atoms with van der Waals surface area (Å²) in [5.41, 5.74) is 5.47. The van der Waals surface area contributed by atoms with Crippen LogP contribution in [0.2, 0.25) is 0 Å². The Kier molecular flexibility index (Phi) is 4.31. The molecular weight excluding hydrogens is 322 g/mol. The summed E-state index contributed by atoms with van der Waals surface area (Å²) in [4.78, 5) is 4.86. The van der Waals surface area contributed by atoms with Gasteiger partial charge in [-0.1, -0.05) is 12.2 Å². The van der Waals surface area contributed by atoms with Crippen molar-refractivity contribution < 1.29 is 8.42 Å². The summed E-state index contributed by atoms with van der Waals surface area (Å²) in [5, 5.41) is 2.52. The van der Waals surface area contributed by atoms with Gasteiger partial charge in [0.1, 0.15) is 14.2 Å². The molecule has 2 aromatic rings. The van der Waals surface area contributed by atoms with E-state index < -0.39 is 10.0 Å². The highest BCUT2D eigenvalue weighted by Crippen LogP contribution is 2.24. The van der Waals surface area contributed by atoms with Gasteiger partial charge in [-0.25, -0.2) is 18.1 Å². The summed E-state index contributed by atoms with van der Waals surface area (Å²) in [6.45, 7) is 1.75. The second-order valence-electron chi connectivity index (χ2n) is 3.70. The molecule has 9 heteroatoms. The predicted molar refractivity (Wildman–Crippen MR) is 81.1 cm³/mol. The van der Waals surface area contributed by atoms with E-state index in [1.54, 1.807) is 24.6 Å². The Hall–Kier alpha value is -0.870. The highest BCUT2D eigenvalue weighted by Gasteiger charge is 2.21. The highest BCUT2D eigenvalue weighted by atomic mass is 32.2. The van der Waals surface area contributed by atoms with Crippen LogP contribution >= 0.6 is 34.9 Å². The topological polar surface area (TPSA) is 85.1 Å². The molecule has 0 saturated carbocycles. The van der Waals surface area contributed by atoms with Crippen LogP contribution in [0.5, 0.6) is 0 Å². The Bertz CT molecular complexity index is 675. The molecule has 0 aliphatic heterocycles. The van der Waals surface area contributed by atoms with Gasteiger partial charge in [-0.2, -0.15) is 0 Å². The Morgan fingerprint density at radius 1 is 1.53 bits per heavy atom. The summed E-state index contributed by atoms with van der Waals surface area (Å²) in [6, 6.07) is 2.73. The normalized spacial score (nSPS) is 13.3. The molecule has 0 radical (unpaired) electrons. The first kappa shape index (κ1) is 14.5. The Balaban J connectivity index is 2.20. The molecule has 0 fully saturated rings. The van der Waals surface area contributed by atoms with Crippen molar-refractivity contribution in [2.24, 2.45) is 5.73 Å². The molecule has 0 aromatic carbocycles. The first-order chi connectivity index (χ1) is 8.90. The van der Waals surface area contributed by atoms with Crippen LogP contribution in [0.15, 0.2) is 27.9 Å². The van der Waals surface area contributed by atoms with Gasteiger partial charge in [-0.05, 0) is 19.1 Å². The number of nitrogens with one attached hydrogen (secondary N) is 1. The lowest BCUT2D eigenvalue weighted by molar-refractivity contribution is 0.568. The number of hydrogen-bond donors (Lipinski definition) is 2. The number of aromatic nitrogens is 1. The maximum Gasteiger partial charge on any atom is 0.250 e. The van der Waals surface area contributed by atoms with Crippen molar-refractivity contribution in [2.75, 3.05) is 0 Å². The third-order valence-corrected chi connectivity index (χ3v) is 6.70. The minimum Gasteiger partial charge on any atom is -0.389 e. The molecule has 1 atom stereocenters. The van der Waals surface area contributed by atoms with Gasteiger partial charge in [0.2, 0.25) is 0 Å². The number of nitrogens with zero attached hydrogens (tertiary/aromatic N) is 1. The molecule has 0 spiro atoms. The van der Waals surface area contributed by atoms with Gasteiger partial charge in [0.05, 0.1) is 10.9 Å². The molecule has 2 rings (SSSR count). The van der Waals surface area contributed by atoms with Crippen molar-refractivity contribution in [3.63, 3.8) is 0 Å². The first-order valence-corrected chi connectivity index (χ1v) is 8.80. The zero-order valence-electron chi connectivity index (χ0n) is 9.86. The van der Waals surface area contributed by atoms with E-state index in [1.165, 1.54) is 17.4 Å². The molecule has 1 unspecified atom stereocenters. The van der Waals surface area contributed by atoms with Gasteiger partial charge in [-0.3, -0.25) is 0 Å². The van der Waals surface area contributed by atoms with Gasteiger partial charge in [-0.15, -0.1) is 22.7 Å². The number of thiophene rings is 1. The molecule has 0 aliphatic carbocycles. The molecule has 102 valence electrons. The van der Waals surface area contributed by atoms with Gasteiger partial charge in [0.15, 0.2) is 0 Å². The molecule has 19 heavy (non-hydrogen) atoms. The van der Waals surface area contributed by atoms with Crippen molar-refractivity contribution in [2.45, 2.75) is 17.2 Å². The van der Waals surface area contributed by atoms with E-state index in [1.807, 2.05) is 0 Å². The zero-order valence-corrected chi connectivity index (χ0v) is 13.1. The number of hydrogen-bond acceptors (Lipinski definition) is 6. The molecular formula is C10H11N3O2S4. The summed E-state index contributed by atoms with van der Waals surface area (Å²) in [7, 11) is -3.58. The van der Waals surface area contributed by atoms with Crippen LogP contribution in [0, 0.1) is 0 Å². The van der Waals surface area contributed by atoms with Crippen LogP contribution in [0.1, 0.15) is 22.9 Å². The maximum atomic E-state index is 12.2. The van der Waals surface area contributed by atoms with Crippen molar-refractivity contribution in [3.8, 4) is 0 Å². The molecule has 0 amide bonds. The Labute approximate surface area is 124 Å². The summed E-state index contributed by atoms with van der Waals surface area (Å²) in [6.07, 6.45) is 1.64. The second kappa shape index (κ2) is 5.63. The van der Waals surface area contributed by atoms with Gasteiger partial charge >= 0.3 is 0 Å². The second-order valence-corrected chi connectivity index (χ2v) is 8.09. The fourth-order valence-electron chi connectivity index (χ4n) is 1.39. The van der Waals surface area contributed by atoms with Gasteiger partial charge in [0.25, 0.3) is 10.0 Å². The highest BCUT2D eigenvalue weighted by molar-refractivity contribution is 7.91. The van der Waals surface area contributed by atoms with Crippen molar-refractivity contribution in [3.05, 3.63) is 33.6 Å². The van der Waals surface area contributed by atoms with E-state index in [2.05, 4.69) is 9.71 Å². The molecule has 0 aliphatic rings. The number of sulfonamides is 1. The van der Waals surface area contributed by atoms with Crippen LogP contribution in [0.3, 0.4) is 0 Å². The van der Waals surface area contributed by atoms with E-state index in [0.717, 1.165) is 16.3 Å². The Morgan fingerprint density at radius 3 is 2.79 bits per heavy atom.